The van der Waals surface area contributed by atoms with E-state index in [9.17, 15) is 9.18 Å². The SMILES string of the molecule is COc1cc(C(=O)N(C)C)ccc1OCCCN1CCC(c2noc3cc(F)ccc23)CC1I. The molecule has 7 nitrogen and oxygen atoms in total. The molecule has 3 aromatic rings. The zero-order valence-corrected chi connectivity index (χ0v) is 21.7. The highest BCUT2D eigenvalue weighted by molar-refractivity contribution is 14.1. The molecule has 2 heterocycles. The molecule has 182 valence electrons. The number of benzene rings is 2. The van der Waals surface area contributed by atoms with Gasteiger partial charge >= 0.3 is 0 Å². The second-order valence-corrected chi connectivity index (χ2v) is 10.1. The molecule has 9 heteroatoms. The Bertz CT molecular complexity index is 1150. The molecule has 2 unspecified atom stereocenters. The number of methoxy groups -OCH3 is 1. The van der Waals surface area contributed by atoms with Gasteiger partial charge in [-0.1, -0.05) is 27.7 Å². The second kappa shape index (κ2) is 10.9. The lowest BCUT2D eigenvalue weighted by Gasteiger charge is -2.36. The first-order chi connectivity index (χ1) is 16.4. The summed E-state index contributed by atoms with van der Waals surface area (Å²) in [7, 11) is 5.01. The van der Waals surface area contributed by atoms with Crippen molar-refractivity contribution >= 4 is 39.5 Å². The number of piperidine rings is 1. The third kappa shape index (κ3) is 5.46. The lowest BCUT2D eigenvalue weighted by atomic mass is 9.91. The molecule has 1 saturated heterocycles. The van der Waals surface area contributed by atoms with Crippen LogP contribution in [0.3, 0.4) is 0 Å². The Morgan fingerprint density at radius 1 is 1.26 bits per heavy atom. The van der Waals surface area contributed by atoms with Crippen LogP contribution in [0.25, 0.3) is 11.0 Å². The summed E-state index contributed by atoms with van der Waals surface area (Å²) in [6.07, 6.45) is 2.82. The topological polar surface area (TPSA) is 68.0 Å². The van der Waals surface area contributed by atoms with Crippen molar-refractivity contribution in [1.29, 1.82) is 0 Å². The number of carbonyl (C=O) groups is 1. The van der Waals surface area contributed by atoms with Crippen LogP contribution in [0.2, 0.25) is 0 Å². The van der Waals surface area contributed by atoms with Crippen molar-refractivity contribution in [2.45, 2.75) is 29.2 Å². The molecule has 2 aromatic carbocycles. The molecule has 0 bridgehead atoms. The van der Waals surface area contributed by atoms with Crippen molar-refractivity contribution in [3.8, 4) is 11.5 Å². The number of halogens is 2. The van der Waals surface area contributed by atoms with Gasteiger partial charge < -0.3 is 18.9 Å². The molecule has 0 aliphatic carbocycles. The van der Waals surface area contributed by atoms with Crippen LogP contribution in [-0.4, -0.2) is 65.8 Å². The molecule has 2 atom stereocenters. The molecular formula is C25H29FIN3O4. The van der Waals surface area contributed by atoms with E-state index >= 15 is 0 Å². The Labute approximate surface area is 212 Å². The Morgan fingerprint density at radius 2 is 2.09 bits per heavy atom. The third-order valence-corrected chi connectivity index (χ3v) is 7.45. The summed E-state index contributed by atoms with van der Waals surface area (Å²) in [4.78, 5) is 16.2. The number of amides is 1. The van der Waals surface area contributed by atoms with E-state index in [1.807, 2.05) is 0 Å². The first-order valence-electron chi connectivity index (χ1n) is 11.3. The summed E-state index contributed by atoms with van der Waals surface area (Å²) in [6, 6.07) is 9.88. The van der Waals surface area contributed by atoms with Crippen molar-refractivity contribution in [1.82, 2.24) is 15.0 Å². The summed E-state index contributed by atoms with van der Waals surface area (Å²) < 4.78 is 30.6. The van der Waals surface area contributed by atoms with Gasteiger partial charge in [0, 0.05) is 43.6 Å². The van der Waals surface area contributed by atoms with Gasteiger partial charge in [-0.15, -0.1) is 0 Å². The number of ether oxygens (including phenoxy) is 2. The zero-order chi connectivity index (χ0) is 24.2. The van der Waals surface area contributed by atoms with Crippen molar-refractivity contribution in [3.05, 3.63) is 53.5 Å². The van der Waals surface area contributed by atoms with Gasteiger partial charge in [-0.05, 0) is 56.1 Å². The zero-order valence-electron chi connectivity index (χ0n) is 19.6. The maximum Gasteiger partial charge on any atom is 0.253 e. The molecule has 0 radical (unpaired) electrons. The summed E-state index contributed by atoms with van der Waals surface area (Å²) >= 11 is 2.49. The monoisotopic (exact) mass is 581 g/mol. The number of aromatic nitrogens is 1. The van der Waals surface area contributed by atoms with Crippen molar-refractivity contribution in [3.63, 3.8) is 0 Å². The average molecular weight is 581 g/mol. The number of nitrogens with zero attached hydrogens (tertiary/aromatic N) is 3. The minimum absolute atomic E-state index is 0.0767. The van der Waals surface area contributed by atoms with E-state index in [1.54, 1.807) is 45.5 Å². The van der Waals surface area contributed by atoms with Crippen LogP contribution in [0.4, 0.5) is 4.39 Å². The van der Waals surface area contributed by atoms with Crippen LogP contribution in [0.5, 0.6) is 11.5 Å². The maximum atomic E-state index is 13.5. The lowest BCUT2D eigenvalue weighted by Crippen LogP contribution is -2.39. The number of rotatable bonds is 8. The van der Waals surface area contributed by atoms with Gasteiger partial charge in [0.25, 0.3) is 5.91 Å². The van der Waals surface area contributed by atoms with Crippen molar-refractivity contribution in [2.24, 2.45) is 0 Å². The Morgan fingerprint density at radius 3 is 2.82 bits per heavy atom. The highest BCUT2D eigenvalue weighted by Gasteiger charge is 2.30. The molecule has 0 spiro atoms. The molecule has 1 aliphatic rings. The number of hydrogen-bond donors (Lipinski definition) is 0. The fourth-order valence-corrected chi connectivity index (χ4v) is 5.49. The minimum atomic E-state index is -0.311. The van der Waals surface area contributed by atoms with Crippen LogP contribution in [0.15, 0.2) is 40.9 Å². The third-order valence-electron chi connectivity index (χ3n) is 6.15. The van der Waals surface area contributed by atoms with E-state index in [1.165, 1.54) is 17.0 Å². The van der Waals surface area contributed by atoms with Gasteiger partial charge in [0.1, 0.15) is 5.82 Å². The van der Waals surface area contributed by atoms with E-state index in [0.717, 1.165) is 43.4 Å². The molecule has 1 aromatic heterocycles. The molecular weight excluding hydrogens is 552 g/mol. The smallest absolute Gasteiger partial charge is 0.253 e. The maximum absolute atomic E-state index is 13.5. The normalized spacial score (nSPS) is 18.7. The van der Waals surface area contributed by atoms with Crippen LogP contribution < -0.4 is 9.47 Å². The lowest BCUT2D eigenvalue weighted by molar-refractivity contribution is 0.0827. The molecule has 0 saturated carbocycles. The Hall–Kier alpha value is -2.40. The number of hydrogen-bond acceptors (Lipinski definition) is 6. The Balaban J connectivity index is 1.28. The van der Waals surface area contributed by atoms with Crippen molar-refractivity contribution < 1.29 is 23.2 Å². The summed E-state index contributed by atoms with van der Waals surface area (Å²) in [5, 5.41) is 5.16. The van der Waals surface area contributed by atoms with E-state index in [0.29, 0.717) is 39.2 Å². The predicted octanol–water partition coefficient (Wildman–Crippen LogP) is 5.09. The van der Waals surface area contributed by atoms with Gasteiger partial charge in [0.2, 0.25) is 0 Å². The summed E-state index contributed by atoms with van der Waals surface area (Å²) in [5.74, 6) is 1.10. The molecule has 4 rings (SSSR count). The van der Waals surface area contributed by atoms with Gasteiger partial charge in [-0.25, -0.2) is 4.39 Å². The van der Waals surface area contributed by atoms with E-state index in [-0.39, 0.29) is 11.7 Å². The number of likely N-dealkylation sites (tertiary alicyclic amines) is 1. The highest BCUT2D eigenvalue weighted by Crippen LogP contribution is 2.37. The van der Waals surface area contributed by atoms with Crippen molar-refractivity contribution in [2.75, 3.05) is 40.9 Å². The van der Waals surface area contributed by atoms with Gasteiger partial charge in [-0.3, -0.25) is 9.69 Å². The first-order valence-corrected chi connectivity index (χ1v) is 12.6. The van der Waals surface area contributed by atoms with Crippen LogP contribution >= 0.6 is 22.6 Å². The van der Waals surface area contributed by atoms with Crippen LogP contribution in [0, 0.1) is 5.82 Å². The largest absolute Gasteiger partial charge is 0.493 e. The molecule has 1 amide bonds. The molecule has 34 heavy (non-hydrogen) atoms. The van der Waals surface area contributed by atoms with Gasteiger partial charge in [-0.2, -0.15) is 0 Å². The van der Waals surface area contributed by atoms with Crippen LogP contribution in [-0.2, 0) is 0 Å². The minimum Gasteiger partial charge on any atom is -0.493 e. The Kier molecular flexibility index (Phi) is 7.92. The van der Waals surface area contributed by atoms with E-state index in [2.05, 4.69) is 32.6 Å². The van der Waals surface area contributed by atoms with Crippen LogP contribution in [0.1, 0.15) is 41.2 Å². The number of alkyl halides is 1. The average Bonchev–Trinajstić information content (AvgIpc) is 3.25. The standard InChI is InChI=1S/C25H29FIN3O4/c1-29(2)25(31)17-5-8-20(22(13-17)32-3)33-12-4-10-30-11-9-16(14-23(30)27)24-19-7-6-18(26)15-21(19)34-28-24/h5-8,13,15-16,23H,4,9-12,14H2,1-3H3. The molecule has 1 aliphatic heterocycles. The second-order valence-electron chi connectivity index (χ2n) is 8.67. The quantitative estimate of drug-likeness (QED) is 0.160. The summed E-state index contributed by atoms with van der Waals surface area (Å²) in [5.41, 5.74) is 2.01. The van der Waals surface area contributed by atoms with E-state index in [4.69, 9.17) is 14.0 Å². The predicted molar refractivity (Wildman–Crippen MR) is 136 cm³/mol. The molecule has 1 fully saturated rings. The van der Waals surface area contributed by atoms with Gasteiger partial charge in [0.05, 0.1) is 23.5 Å². The van der Waals surface area contributed by atoms with E-state index < -0.39 is 0 Å². The number of carbonyl (C=O) groups excluding carboxylic acids is 1. The highest BCUT2D eigenvalue weighted by atomic mass is 127. The molecule has 0 N–H and O–H groups in total. The first kappa shape index (κ1) is 24.7. The summed E-state index contributed by atoms with van der Waals surface area (Å²) in [6.45, 7) is 2.43. The number of fused-ring (bicyclic) bond motifs is 1. The van der Waals surface area contributed by atoms with Gasteiger partial charge in [0.15, 0.2) is 17.1 Å². The fraction of sp³-hybridized carbons (Fsp3) is 0.440. The fourth-order valence-electron chi connectivity index (χ4n) is 4.32.